The number of alkyl halides is 4. The Kier molecular flexibility index (Phi) is 4.54. The third kappa shape index (κ3) is 4.41. The highest BCUT2D eigenvalue weighted by molar-refractivity contribution is 6.20. The smallest absolute Gasteiger partial charge is 0.405 e. The van der Waals surface area contributed by atoms with Crippen molar-refractivity contribution in [3.05, 3.63) is 29.8 Å². The molecule has 1 nitrogen and oxygen atoms in total. The second-order valence-corrected chi connectivity index (χ2v) is 5.66. The molecule has 0 saturated heterocycles. The number of halogens is 4. The third-order valence-corrected chi connectivity index (χ3v) is 2.79. The van der Waals surface area contributed by atoms with Crippen LogP contribution in [-0.2, 0) is 5.41 Å². The van der Waals surface area contributed by atoms with Gasteiger partial charge >= 0.3 is 6.36 Å². The van der Waals surface area contributed by atoms with Gasteiger partial charge in [0.25, 0.3) is 0 Å². The highest BCUT2D eigenvalue weighted by atomic mass is 35.5. The Morgan fingerprint density at radius 2 is 1.78 bits per heavy atom. The zero-order valence-corrected chi connectivity index (χ0v) is 11.3. The van der Waals surface area contributed by atoms with Gasteiger partial charge in [-0.2, -0.15) is 0 Å². The van der Waals surface area contributed by atoms with Crippen LogP contribution < -0.4 is 4.74 Å². The van der Waals surface area contributed by atoms with Gasteiger partial charge in [0.15, 0.2) is 0 Å². The molecule has 0 aromatic heterocycles. The van der Waals surface area contributed by atoms with E-state index in [2.05, 4.69) is 4.74 Å². The van der Waals surface area contributed by atoms with Crippen LogP contribution in [0.15, 0.2) is 24.3 Å². The van der Waals surface area contributed by atoms with E-state index >= 15 is 0 Å². The van der Waals surface area contributed by atoms with E-state index in [1.54, 1.807) is 12.1 Å². The van der Waals surface area contributed by atoms with Crippen LogP contribution in [0.1, 0.15) is 32.8 Å². The van der Waals surface area contributed by atoms with Crippen molar-refractivity contribution in [1.29, 1.82) is 0 Å². The first-order chi connectivity index (χ1) is 8.12. The minimum atomic E-state index is -4.68. The zero-order chi connectivity index (χ0) is 14.0. The van der Waals surface area contributed by atoms with Crippen LogP contribution in [0.25, 0.3) is 0 Å². The van der Waals surface area contributed by atoms with Crippen LogP contribution in [0, 0.1) is 0 Å². The molecule has 1 aromatic rings. The molecule has 1 aromatic carbocycles. The molecule has 1 unspecified atom stereocenters. The Bertz CT molecular complexity index is 399. The molecule has 0 spiro atoms. The minimum Gasteiger partial charge on any atom is -0.405 e. The van der Waals surface area contributed by atoms with Crippen molar-refractivity contribution in [1.82, 2.24) is 0 Å². The second kappa shape index (κ2) is 5.39. The molecule has 5 heteroatoms. The average molecular weight is 281 g/mol. The number of benzene rings is 1. The Balaban J connectivity index is 3.08. The van der Waals surface area contributed by atoms with Crippen LogP contribution in [-0.4, -0.2) is 11.7 Å². The molecule has 0 N–H and O–H groups in total. The van der Waals surface area contributed by atoms with Crippen LogP contribution in [0.2, 0.25) is 0 Å². The standard InChI is InChI=1S/C13H16ClF3O/c1-9(14)8-12(2,3)10-6-4-5-7-11(10)18-13(15,16)17/h4-7,9H,8H2,1-3H3. The van der Waals surface area contributed by atoms with Crippen LogP contribution >= 0.6 is 11.6 Å². The first kappa shape index (κ1) is 15.2. The minimum absolute atomic E-state index is 0.126. The lowest BCUT2D eigenvalue weighted by atomic mass is 9.80. The van der Waals surface area contributed by atoms with Crippen molar-refractivity contribution < 1.29 is 17.9 Å². The fourth-order valence-electron chi connectivity index (χ4n) is 2.05. The van der Waals surface area contributed by atoms with Crippen LogP contribution in [0.3, 0.4) is 0 Å². The molecule has 0 aliphatic carbocycles. The van der Waals surface area contributed by atoms with Gasteiger partial charge in [0.05, 0.1) is 0 Å². The lowest BCUT2D eigenvalue weighted by Crippen LogP contribution is -2.25. The van der Waals surface area contributed by atoms with Gasteiger partial charge in [0.1, 0.15) is 5.75 Å². The maximum absolute atomic E-state index is 12.3. The molecule has 0 bridgehead atoms. The molecule has 0 radical (unpaired) electrons. The van der Waals surface area contributed by atoms with E-state index < -0.39 is 11.8 Å². The molecule has 0 fully saturated rings. The van der Waals surface area contributed by atoms with Crippen molar-refractivity contribution in [2.75, 3.05) is 0 Å². The molecule has 102 valence electrons. The second-order valence-electron chi connectivity index (χ2n) is 4.91. The summed E-state index contributed by atoms with van der Waals surface area (Å²) in [5.74, 6) is -0.160. The Labute approximate surface area is 110 Å². The predicted octanol–water partition coefficient (Wildman–Crippen LogP) is 4.88. The number of para-hydroxylation sites is 1. The molecule has 0 heterocycles. The summed E-state index contributed by atoms with van der Waals surface area (Å²) < 4.78 is 41.0. The van der Waals surface area contributed by atoms with Gasteiger partial charge < -0.3 is 4.74 Å². The largest absolute Gasteiger partial charge is 0.573 e. The van der Waals surface area contributed by atoms with E-state index in [-0.39, 0.29) is 11.1 Å². The van der Waals surface area contributed by atoms with Gasteiger partial charge in [-0.15, -0.1) is 24.8 Å². The number of hydrogen-bond acceptors (Lipinski definition) is 1. The Morgan fingerprint density at radius 3 is 2.28 bits per heavy atom. The van der Waals surface area contributed by atoms with Crippen molar-refractivity contribution >= 4 is 11.6 Å². The molecule has 1 atom stereocenters. The van der Waals surface area contributed by atoms with E-state index in [0.29, 0.717) is 12.0 Å². The molecule has 0 aliphatic heterocycles. The summed E-state index contributed by atoms with van der Waals surface area (Å²) in [5, 5.41) is -0.126. The lowest BCUT2D eigenvalue weighted by molar-refractivity contribution is -0.275. The first-order valence-corrected chi connectivity index (χ1v) is 6.05. The summed E-state index contributed by atoms with van der Waals surface area (Å²) in [7, 11) is 0. The van der Waals surface area contributed by atoms with Gasteiger partial charge in [-0.1, -0.05) is 32.0 Å². The van der Waals surface area contributed by atoms with E-state index in [9.17, 15) is 13.2 Å². The molecule has 0 aliphatic rings. The monoisotopic (exact) mass is 280 g/mol. The summed E-state index contributed by atoms with van der Waals surface area (Å²) in [6, 6.07) is 6.17. The third-order valence-electron chi connectivity index (χ3n) is 2.63. The van der Waals surface area contributed by atoms with E-state index in [1.807, 2.05) is 20.8 Å². The summed E-state index contributed by atoms with van der Waals surface area (Å²) in [6.45, 7) is 5.52. The number of rotatable bonds is 4. The average Bonchev–Trinajstić information content (AvgIpc) is 2.13. The summed E-state index contributed by atoms with van der Waals surface area (Å²) >= 11 is 5.93. The van der Waals surface area contributed by atoms with Gasteiger partial charge in [-0.05, 0) is 24.8 Å². The van der Waals surface area contributed by atoms with Gasteiger partial charge in [-0.25, -0.2) is 0 Å². The summed E-state index contributed by atoms with van der Waals surface area (Å²) in [5.41, 5.74) is 0.0260. The van der Waals surface area contributed by atoms with Crippen molar-refractivity contribution in [2.45, 2.75) is 44.3 Å². The fraction of sp³-hybridized carbons (Fsp3) is 0.538. The molecule has 0 amide bonds. The maximum Gasteiger partial charge on any atom is 0.573 e. The maximum atomic E-state index is 12.3. The highest BCUT2D eigenvalue weighted by Crippen LogP contribution is 2.38. The van der Waals surface area contributed by atoms with E-state index in [4.69, 9.17) is 11.6 Å². The molecule has 18 heavy (non-hydrogen) atoms. The highest BCUT2D eigenvalue weighted by Gasteiger charge is 2.34. The number of ether oxygens (including phenoxy) is 1. The van der Waals surface area contributed by atoms with Crippen LogP contribution in [0.4, 0.5) is 13.2 Å². The van der Waals surface area contributed by atoms with E-state index in [0.717, 1.165) is 0 Å². The first-order valence-electron chi connectivity index (χ1n) is 5.61. The van der Waals surface area contributed by atoms with E-state index in [1.165, 1.54) is 12.1 Å². The summed E-state index contributed by atoms with van der Waals surface area (Å²) in [4.78, 5) is 0. The topological polar surface area (TPSA) is 9.23 Å². The SMILES string of the molecule is CC(Cl)CC(C)(C)c1ccccc1OC(F)(F)F. The number of hydrogen-bond donors (Lipinski definition) is 0. The Hall–Kier alpha value is -0.900. The molecular formula is C13H16ClF3O. The fourth-order valence-corrected chi connectivity index (χ4v) is 2.44. The normalized spacial score (nSPS) is 14.4. The quantitative estimate of drug-likeness (QED) is 0.714. The van der Waals surface area contributed by atoms with Crippen molar-refractivity contribution in [3.8, 4) is 5.75 Å². The van der Waals surface area contributed by atoms with Gasteiger partial charge in [-0.3, -0.25) is 0 Å². The molecule has 0 saturated carbocycles. The van der Waals surface area contributed by atoms with Gasteiger partial charge in [0.2, 0.25) is 0 Å². The lowest BCUT2D eigenvalue weighted by Gasteiger charge is -2.28. The predicted molar refractivity (Wildman–Crippen MR) is 66.1 cm³/mol. The zero-order valence-electron chi connectivity index (χ0n) is 10.5. The summed E-state index contributed by atoms with van der Waals surface area (Å²) in [6.07, 6.45) is -4.12. The molecular weight excluding hydrogens is 265 g/mol. The molecule has 1 rings (SSSR count). The van der Waals surface area contributed by atoms with Crippen molar-refractivity contribution in [3.63, 3.8) is 0 Å². The van der Waals surface area contributed by atoms with Crippen molar-refractivity contribution in [2.24, 2.45) is 0 Å². The Morgan fingerprint density at radius 1 is 1.22 bits per heavy atom. The van der Waals surface area contributed by atoms with Gasteiger partial charge in [0, 0.05) is 10.9 Å². The van der Waals surface area contributed by atoms with Crippen LogP contribution in [0.5, 0.6) is 5.75 Å².